The molecule has 2 rings (SSSR count). The Bertz CT molecular complexity index is 819. The van der Waals surface area contributed by atoms with E-state index in [0.29, 0.717) is 17.0 Å². The maximum Gasteiger partial charge on any atom is 0.252 e. The summed E-state index contributed by atoms with van der Waals surface area (Å²) < 4.78 is 27.1. The minimum absolute atomic E-state index is 0.00839. The van der Waals surface area contributed by atoms with Crippen molar-refractivity contribution in [2.45, 2.75) is 59.0 Å². The molecule has 0 spiro atoms. The molecule has 1 aromatic rings. The number of hydrogen-bond acceptors (Lipinski definition) is 3. The number of carbonyl (C=O) groups excluding carboxylic acids is 1. The fourth-order valence-corrected chi connectivity index (χ4v) is 2.94. The van der Waals surface area contributed by atoms with E-state index in [0.717, 1.165) is 24.5 Å². The van der Waals surface area contributed by atoms with Crippen molar-refractivity contribution in [3.05, 3.63) is 57.9 Å². The molecule has 1 saturated carbocycles. The Kier molecular flexibility index (Phi) is 6.19. The topological polar surface area (TPSA) is 53.5 Å². The van der Waals surface area contributed by atoms with Gasteiger partial charge in [0.25, 0.3) is 5.91 Å². The van der Waals surface area contributed by atoms with Crippen LogP contribution in [-0.2, 0) is 4.79 Å². The van der Waals surface area contributed by atoms with Gasteiger partial charge in [-0.2, -0.15) is 0 Å². The van der Waals surface area contributed by atoms with Crippen LogP contribution in [0.5, 0.6) is 0 Å². The number of halogens is 2. The van der Waals surface area contributed by atoms with Gasteiger partial charge in [-0.05, 0) is 60.2 Å². The molecule has 1 aliphatic rings. The lowest BCUT2D eigenvalue weighted by molar-refractivity contribution is -0.117. The van der Waals surface area contributed by atoms with Gasteiger partial charge in [-0.25, -0.2) is 13.8 Å². The molecule has 0 bridgehead atoms. The number of amides is 1. The maximum absolute atomic E-state index is 14.0. The average molecular weight is 375 g/mol. The van der Waals surface area contributed by atoms with Gasteiger partial charge in [-0.1, -0.05) is 11.6 Å². The van der Waals surface area contributed by atoms with Crippen molar-refractivity contribution in [1.29, 1.82) is 0 Å². The van der Waals surface area contributed by atoms with E-state index < -0.39 is 17.7 Å². The van der Waals surface area contributed by atoms with E-state index in [1.54, 1.807) is 6.92 Å². The van der Waals surface area contributed by atoms with Gasteiger partial charge in [0.2, 0.25) is 0 Å². The molecule has 1 atom stereocenters. The minimum Gasteiger partial charge on any atom is -0.365 e. The molecule has 1 aromatic carbocycles. The van der Waals surface area contributed by atoms with E-state index in [-0.39, 0.29) is 17.0 Å². The zero-order valence-electron chi connectivity index (χ0n) is 16.5. The molecule has 1 aliphatic carbocycles. The zero-order chi connectivity index (χ0) is 20.4. The number of hydrogen-bond donors (Lipinski definition) is 2. The zero-order valence-corrected chi connectivity index (χ0v) is 16.5. The first-order valence-corrected chi connectivity index (χ1v) is 8.97. The van der Waals surface area contributed by atoms with Crippen LogP contribution in [-0.4, -0.2) is 18.2 Å². The number of nitrogens with one attached hydrogen (secondary N) is 2. The highest BCUT2D eigenvalue weighted by Crippen LogP contribution is 2.36. The van der Waals surface area contributed by atoms with Crippen LogP contribution in [0.3, 0.4) is 0 Å². The Labute approximate surface area is 159 Å². The predicted octanol–water partition coefficient (Wildman–Crippen LogP) is 4.55. The van der Waals surface area contributed by atoms with Crippen LogP contribution in [0.25, 0.3) is 0 Å². The highest BCUT2D eigenvalue weighted by molar-refractivity contribution is 5.98. The minimum atomic E-state index is -0.689. The van der Waals surface area contributed by atoms with Crippen molar-refractivity contribution in [2.75, 3.05) is 0 Å². The second-order valence-corrected chi connectivity index (χ2v) is 7.55. The van der Waals surface area contributed by atoms with Gasteiger partial charge in [0.05, 0.1) is 6.04 Å². The highest BCUT2D eigenvalue weighted by Gasteiger charge is 2.38. The van der Waals surface area contributed by atoms with Crippen LogP contribution >= 0.6 is 0 Å². The lowest BCUT2D eigenvalue weighted by Crippen LogP contribution is -2.32. The molecular weight excluding hydrogens is 348 g/mol. The van der Waals surface area contributed by atoms with E-state index in [1.807, 2.05) is 20.8 Å². The fourth-order valence-electron chi connectivity index (χ4n) is 2.94. The molecule has 4 nitrogen and oxygen atoms in total. The van der Waals surface area contributed by atoms with Gasteiger partial charge in [0.1, 0.15) is 17.5 Å². The van der Waals surface area contributed by atoms with Crippen LogP contribution in [0.1, 0.15) is 59.1 Å². The molecule has 1 amide bonds. The number of rotatable bonds is 7. The summed E-state index contributed by atoms with van der Waals surface area (Å²) in [4.78, 5) is 17.0. The van der Waals surface area contributed by atoms with E-state index in [9.17, 15) is 13.6 Å². The second-order valence-electron chi connectivity index (χ2n) is 7.55. The van der Waals surface area contributed by atoms with Crippen LogP contribution < -0.4 is 10.6 Å². The third-order valence-corrected chi connectivity index (χ3v) is 4.81. The summed E-state index contributed by atoms with van der Waals surface area (Å²) in [7, 11) is 0. The molecule has 0 aromatic heterocycles. The lowest BCUT2D eigenvalue weighted by Gasteiger charge is -2.21. The number of carbonyl (C=O) groups is 1. The van der Waals surface area contributed by atoms with Crippen molar-refractivity contribution in [2.24, 2.45) is 4.99 Å². The molecule has 6 heteroatoms. The summed E-state index contributed by atoms with van der Waals surface area (Å²) in [5.74, 6) is -1.11. The van der Waals surface area contributed by atoms with Crippen LogP contribution in [0.15, 0.2) is 45.7 Å². The Morgan fingerprint density at radius 2 is 1.89 bits per heavy atom. The normalized spacial score (nSPS) is 16.7. The van der Waals surface area contributed by atoms with Crippen molar-refractivity contribution in [1.82, 2.24) is 10.6 Å². The van der Waals surface area contributed by atoms with E-state index in [4.69, 9.17) is 0 Å². The Morgan fingerprint density at radius 3 is 2.37 bits per heavy atom. The molecular formula is C21H27F2N3O. The Morgan fingerprint density at radius 1 is 1.26 bits per heavy atom. The van der Waals surface area contributed by atoms with Crippen molar-refractivity contribution in [3.8, 4) is 0 Å². The number of nitrogens with zero attached hydrogens (tertiary/aromatic N) is 1. The maximum atomic E-state index is 14.0. The second kappa shape index (κ2) is 8.03. The van der Waals surface area contributed by atoms with Crippen molar-refractivity contribution >= 4 is 12.6 Å². The predicted molar refractivity (Wildman–Crippen MR) is 104 cm³/mol. The summed E-state index contributed by atoms with van der Waals surface area (Å²) in [5, 5.41) is 6.13. The average Bonchev–Trinajstić information content (AvgIpc) is 3.29. The van der Waals surface area contributed by atoms with E-state index >= 15 is 0 Å². The van der Waals surface area contributed by atoms with Crippen LogP contribution in [0, 0.1) is 11.6 Å². The fraction of sp³-hybridized carbons (Fsp3) is 0.429. The van der Waals surface area contributed by atoms with Gasteiger partial charge >= 0.3 is 0 Å². The summed E-state index contributed by atoms with van der Waals surface area (Å²) in [6.07, 6.45) is 2.08. The molecule has 146 valence electrons. The van der Waals surface area contributed by atoms with Crippen molar-refractivity contribution in [3.63, 3.8) is 0 Å². The summed E-state index contributed by atoms with van der Waals surface area (Å²) in [5.41, 5.74) is 2.18. The standard InChI is InChI=1S/C21H27F2N3O/c1-12(2)18(13(3)19(24-6)26-21(5)9-10-21)20(27)25-14(4)16-8-7-15(22)11-17(16)23/h7-8,11,14,26H,6,9-10H2,1-5H3,(H,25,27)/b19-13-. The number of benzene rings is 1. The van der Waals surface area contributed by atoms with E-state index in [1.165, 1.54) is 12.1 Å². The summed E-state index contributed by atoms with van der Waals surface area (Å²) in [6.45, 7) is 12.8. The molecule has 27 heavy (non-hydrogen) atoms. The molecule has 1 fully saturated rings. The van der Waals surface area contributed by atoms with Crippen molar-refractivity contribution < 1.29 is 13.6 Å². The first kappa shape index (κ1) is 20.8. The first-order valence-electron chi connectivity index (χ1n) is 8.97. The quantitative estimate of drug-likeness (QED) is 0.417. The summed E-state index contributed by atoms with van der Waals surface area (Å²) in [6, 6.07) is 2.71. The lowest BCUT2D eigenvalue weighted by atomic mass is 10.00. The van der Waals surface area contributed by atoms with E-state index in [2.05, 4.69) is 29.3 Å². The van der Waals surface area contributed by atoms with Crippen LogP contribution in [0.4, 0.5) is 8.78 Å². The monoisotopic (exact) mass is 375 g/mol. The first-order chi connectivity index (χ1) is 12.6. The number of aliphatic imine (C=N–C) groups is 1. The van der Waals surface area contributed by atoms with Crippen LogP contribution in [0.2, 0.25) is 0 Å². The SMILES string of the molecule is C=N/C(NC1(C)CC1)=C(\C)C(C(=O)NC(C)c1ccc(F)cc1F)=C(C)C. The van der Waals surface area contributed by atoms with Gasteiger partial charge in [-0.15, -0.1) is 0 Å². The molecule has 1 unspecified atom stereocenters. The Balaban J connectivity index is 2.27. The Hall–Kier alpha value is -2.50. The molecule has 0 saturated heterocycles. The third kappa shape index (κ3) is 5.02. The summed E-state index contributed by atoms with van der Waals surface area (Å²) >= 11 is 0. The largest absolute Gasteiger partial charge is 0.365 e. The third-order valence-electron chi connectivity index (χ3n) is 4.81. The smallest absolute Gasteiger partial charge is 0.252 e. The van der Waals surface area contributed by atoms with Gasteiger partial charge in [-0.3, -0.25) is 4.79 Å². The molecule has 0 heterocycles. The molecule has 2 N–H and O–H groups in total. The number of allylic oxidation sites excluding steroid dienone is 1. The molecule has 0 radical (unpaired) electrons. The van der Waals surface area contributed by atoms with Gasteiger partial charge in [0, 0.05) is 28.3 Å². The molecule has 0 aliphatic heterocycles. The van der Waals surface area contributed by atoms with Gasteiger partial charge < -0.3 is 10.6 Å². The highest BCUT2D eigenvalue weighted by atomic mass is 19.1. The van der Waals surface area contributed by atoms with Gasteiger partial charge in [0.15, 0.2) is 0 Å².